The smallest absolute Gasteiger partial charge is 0.225 e. The Bertz CT molecular complexity index is 293. The van der Waals surface area contributed by atoms with Crippen LogP contribution >= 0.6 is 0 Å². The van der Waals surface area contributed by atoms with E-state index in [0.717, 1.165) is 25.9 Å². The first-order valence-electron chi connectivity index (χ1n) is 11.6. The summed E-state index contributed by atoms with van der Waals surface area (Å²) in [5.74, 6) is 0.845. The topological polar surface area (TPSA) is 20.3 Å². The Morgan fingerprint density at radius 3 is 1.44 bits per heavy atom. The van der Waals surface area contributed by atoms with E-state index >= 15 is 0 Å². The molecule has 0 N–H and O–H groups in total. The van der Waals surface area contributed by atoms with E-state index in [4.69, 9.17) is 0 Å². The van der Waals surface area contributed by atoms with E-state index in [2.05, 4.69) is 18.7 Å². The van der Waals surface area contributed by atoms with Crippen LogP contribution in [0.15, 0.2) is 0 Å². The maximum atomic E-state index is 12.7. The van der Waals surface area contributed by atoms with Gasteiger partial charge in [-0.1, -0.05) is 97.3 Å². The van der Waals surface area contributed by atoms with E-state index < -0.39 is 0 Å². The highest BCUT2D eigenvalue weighted by molar-refractivity contribution is 5.79. The van der Waals surface area contributed by atoms with Gasteiger partial charge in [0, 0.05) is 19.0 Å². The number of nitrogens with zero attached hydrogens (tertiary/aromatic N) is 1. The molecule has 1 aliphatic carbocycles. The van der Waals surface area contributed by atoms with Gasteiger partial charge in [0.2, 0.25) is 5.91 Å². The third-order valence-corrected chi connectivity index (χ3v) is 5.83. The van der Waals surface area contributed by atoms with Crippen LogP contribution in [0.3, 0.4) is 0 Å². The summed E-state index contributed by atoms with van der Waals surface area (Å²) in [6.45, 7) is 6.57. The lowest BCUT2D eigenvalue weighted by atomic mass is 9.84. The van der Waals surface area contributed by atoms with Crippen LogP contribution in [0.4, 0.5) is 0 Å². The molecule has 0 radical (unpaired) electrons. The minimum atomic E-state index is 0.370. The lowest BCUT2D eigenvalue weighted by Crippen LogP contribution is -2.40. The normalized spacial score (nSPS) is 14.5. The zero-order valence-corrected chi connectivity index (χ0v) is 17.4. The largest absolute Gasteiger partial charge is 0.342 e. The first-order valence-corrected chi connectivity index (χ1v) is 11.6. The molecule has 1 aliphatic rings. The molecule has 0 atom stereocenters. The predicted molar refractivity (Wildman–Crippen MR) is 110 cm³/mol. The Morgan fingerprint density at radius 2 is 1.08 bits per heavy atom. The van der Waals surface area contributed by atoms with Gasteiger partial charge in [0.25, 0.3) is 0 Å². The van der Waals surface area contributed by atoms with Crippen molar-refractivity contribution in [3.05, 3.63) is 0 Å². The van der Waals surface area contributed by atoms with E-state index in [1.807, 2.05) is 0 Å². The SMILES string of the molecule is CCCCCCCCCN(CCCCCCCCC)C(=O)C1CCC1. The number of unbranched alkanes of at least 4 members (excludes halogenated alkanes) is 12. The van der Waals surface area contributed by atoms with Crippen LogP contribution in [-0.4, -0.2) is 23.9 Å². The molecule has 1 saturated carbocycles. The molecular formula is C23H45NO. The molecule has 0 bridgehead atoms. The van der Waals surface area contributed by atoms with E-state index in [9.17, 15) is 4.79 Å². The second kappa shape index (κ2) is 15.7. The molecule has 1 rings (SSSR count). The zero-order valence-electron chi connectivity index (χ0n) is 17.4. The summed E-state index contributed by atoms with van der Waals surface area (Å²) in [4.78, 5) is 14.9. The van der Waals surface area contributed by atoms with Gasteiger partial charge in [0.05, 0.1) is 0 Å². The fourth-order valence-electron chi connectivity index (χ4n) is 3.77. The van der Waals surface area contributed by atoms with Crippen molar-refractivity contribution < 1.29 is 4.79 Å². The van der Waals surface area contributed by atoms with Crippen molar-refractivity contribution in [1.29, 1.82) is 0 Å². The molecule has 0 saturated heterocycles. The van der Waals surface area contributed by atoms with Crippen LogP contribution in [-0.2, 0) is 4.79 Å². The Labute approximate surface area is 158 Å². The molecule has 0 aromatic rings. The van der Waals surface area contributed by atoms with Crippen molar-refractivity contribution in [3.63, 3.8) is 0 Å². The number of carbonyl (C=O) groups excluding carboxylic acids is 1. The van der Waals surface area contributed by atoms with Crippen molar-refractivity contribution in [2.24, 2.45) is 5.92 Å². The Kier molecular flexibility index (Phi) is 14.1. The molecule has 0 unspecified atom stereocenters. The third kappa shape index (κ3) is 10.9. The van der Waals surface area contributed by atoms with Gasteiger partial charge in [-0.05, 0) is 25.7 Å². The third-order valence-electron chi connectivity index (χ3n) is 5.83. The first-order chi connectivity index (χ1) is 12.3. The van der Waals surface area contributed by atoms with Crippen molar-refractivity contribution in [1.82, 2.24) is 4.90 Å². The van der Waals surface area contributed by atoms with Gasteiger partial charge < -0.3 is 4.90 Å². The van der Waals surface area contributed by atoms with Gasteiger partial charge in [-0.15, -0.1) is 0 Å². The second-order valence-electron chi connectivity index (χ2n) is 8.20. The Hall–Kier alpha value is -0.530. The molecule has 0 heterocycles. The Balaban J connectivity index is 2.14. The van der Waals surface area contributed by atoms with Crippen LogP contribution in [0.2, 0.25) is 0 Å². The van der Waals surface area contributed by atoms with Gasteiger partial charge in [0.1, 0.15) is 0 Å². The van der Waals surface area contributed by atoms with Crippen LogP contribution in [0.5, 0.6) is 0 Å². The summed E-state index contributed by atoms with van der Waals surface area (Å²) in [5, 5.41) is 0. The average Bonchev–Trinajstić information content (AvgIpc) is 2.56. The molecule has 1 amide bonds. The molecule has 2 nitrogen and oxygen atoms in total. The van der Waals surface area contributed by atoms with Crippen molar-refractivity contribution in [2.75, 3.05) is 13.1 Å². The molecule has 1 fully saturated rings. The summed E-state index contributed by atoms with van der Waals surface area (Å²) < 4.78 is 0. The van der Waals surface area contributed by atoms with Crippen LogP contribution < -0.4 is 0 Å². The van der Waals surface area contributed by atoms with Crippen molar-refractivity contribution in [2.45, 2.75) is 123 Å². The zero-order chi connectivity index (χ0) is 18.2. The van der Waals surface area contributed by atoms with Crippen LogP contribution in [0.25, 0.3) is 0 Å². The molecule has 25 heavy (non-hydrogen) atoms. The second-order valence-corrected chi connectivity index (χ2v) is 8.20. The quantitative estimate of drug-likeness (QED) is 0.255. The summed E-state index contributed by atoms with van der Waals surface area (Å²) in [6, 6.07) is 0. The van der Waals surface area contributed by atoms with E-state index in [1.54, 1.807) is 0 Å². The highest BCUT2D eigenvalue weighted by Gasteiger charge is 2.28. The highest BCUT2D eigenvalue weighted by atomic mass is 16.2. The maximum Gasteiger partial charge on any atom is 0.225 e. The van der Waals surface area contributed by atoms with Gasteiger partial charge in [0.15, 0.2) is 0 Å². The number of hydrogen-bond acceptors (Lipinski definition) is 1. The van der Waals surface area contributed by atoms with E-state index in [1.165, 1.54) is 96.3 Å². The molecular weight excluding hydrogens is 306 g/mol. The predicted octanol–water partition coefficient (Wildman–Crippen LogP) is 7.12. The summed E-state index contributed by atoms with van der Waals surface area (Å²) in [7, 11) is 0. The summed E-state index contributed by atoms with van der Waals surface area (Å²) in [6.07, 6.45) is 22.2. The monoisotopic (exact) mass is 351 g/mol. The number of rotatable bonds is 17. The fourth-order valence-corrected chi connectivity index (χ4v) is 3.77. The molecule has 148 valence electrons. The van der Waals surface area contributed by atoms with Crippen LogP contribution in [0.1, 0.15) is 123 Å². The lowest BCUT2D eigenvalue weighted by molar-refractivity contribution is -0.138. The van der Waals surface area contributed by atoms with E-state index in [0.29, 0.717) is 11.8 Å². The van der Waals surface area contributed by atoms with Gasteiger partial charge in [-0.2, -0.15) is 0 Å². The number of carbonyl (C=O) groups is 1. The molecule has 2 heteroatoms. The molecule has 0 aromatic heterocycles. The highest BCUT2D eigenvalue weighted by Crippen LogP contribution is 2.28. The van der Waals surface area contributed by atoms with Gasteiger partial charge in [-0.25, -0.2) is 0 Å². The molecule has 0 aromatic carbocycles. The number of amides is 1. The van der Waals surface area contributed by atoms with Crippen LogP contribution in [0, 0.1) is 5.92 Å². The minimum Gasteiger partial charge on any atom is -0.342 e. The summed E-state index contributed by atoms with van der Waals surface area (Å²) >= 11 is 0. The minimum absolute atomic E-state index is 0.370. The maximum absolute atomic E-state index is 12.7. The average molecular weight is 352 g/mol. The first kappa shape index (κ1) is 22.5. The molecule has 0 spiro atoms. The number of hydrogen-bond donors (Lipinski definition) is 0. The Morgan fingerprint density at radius 1 is 0.680 bits per heavy atom. The van der Waals surface area contributed by atoms with Gasteiger partial charge >= 0.3 is 0 Å². The molecule has 0 aliphatic heterocycles. The van der Waals surface area contributed by atoms with Crippen molar-refractivity contribution >= 4 is 5.91 Å². The van der Waals surface area contributed by atoms with Gasteiger partial charge in [-0.3, -0.25) is 4.79 Å². The lowest BCUT2D eigenvalue weighted by Gasteiger charge is -2.32. The standard InChI is InChI=1S/C23H45NO/c1-3-5-7-9-11-13-15-20-24(23(25)22-18-17-19-22)21-16-14-12-10-8-6-4-2/h22H,3-21H2,1-2H3. The fraction of sp³-hybridized carbons (Fsp3) is 0.957. The van der Waals surface area contributed by atoms with E-state index in [-0.39, 0.29) is 0 Å². The summed E-state index contributed by atoms with van der Waals surface area (Å²) in [5.41, 5.74) is 0. The van der Waals surface area contributed by atoms with Crippen molar-refractivity contribution in [3.8, 4) is 0 Å².